The van der Waals surface area contributed by atoms with Gasteiger partial charge in [0.2, 0.25) is 11.7 Å². The summed E-state index contributed by atoms with van der Waals surface area (Å²) >= 11 is 8.81. The maximum Gasteiger partial charge on any atom is 0.276 e. The highest BCUT2D eigenvalue weighted by molar-refractivity contribution is 7.98. The molecule has 0 atom stereocenters. The molecule has 0 saturated carbocycles. The molecule has 6 nitrogen and oxygen atoms in total. The van der Waals surface area contributed by atoms with Crippen LogP contribution in [0.2, 0.25) is 5.02 Å². The fourth-order valence-electron chi connectivity index (χ4n) is 2.98. The third kappa shape index (κ3) is 3.65. The first-order chi connectivity index (χ1) is 14.7. The minimum Gasteiger partial charge on any atom is -0.338 e. The zero-order valence-corrected chi connectivity index (χ0v) is 17.7. The Labute approximate surface area is 184 Å². The van der Waals surface area contributed by atoms with Crippen LogP contribution < -0.4 is 5.56 Å². The first-order valence-corrected chi connectivity index (χ1v) is 11.2. The first-order valence-electron chi connectivity index (χ1n) is 8.96. The van der Waals surface area contributed by atoms with Crippen LogP contribution >= 0.6 is 34.7 Å². The van der Waals surface area contributed by atoms with E-state index in [0.717, 1.165) is 11.3 Å². The van der Waals surface area contributed by atoms with Crippen molar-refractivity contribution in [1.82, 2.24) is 19.7 Å². The number of hydrogen-bond donors (Lipinski definition) is 0. The maximum atomic E-state index is 13.1. The van der Waals surface area contributed by atoms with Gasteiger partial charge >= 0.3 is 0 Å². The van der Waals surface area contributed by atoms with Crippen molar-refractivity contribution in [2.75, 3.05) is 0 Å². The lowest BCUT2D eigenvalue weighted by Crippen LogP contribution is -2.20. The lowest BCUT2D eigenvalue weighted by Gasteiger charge is -2.11. The summed E-state index contributed by atoms with van der Waals surface area (Å²) in [6.45, 7) is 0. The standard InChI is InChI=1S/C21H13ClN4O2S2/c22-14-6-4-5-13(11-14)19-24-17(28-25-19)12-30-21-23-16-9-10-29-18(16)20(27)26(21)15-7-2-1-3-8-15/h1-11H,12H2. The summed E-state index contributed by atoms with van der Waals surface area (Å²) < 4.78 is 7.64. The van der Waals surface area contributed by atoms with Crippen molar-refractivity contribution in [2.45, 2.75) is 10.9 Å². The van der Waals surface area contributed by atoms with E-state index in [2.05, 4.69) is 10.1 Å². The van der Waals surface area contributed by atoms with Gasteiger partial charge in [-0.3, -0.25) is 9.36 Å². The molecular formula is C21H13ClN4O2S2. The van der Waals surface area contributed by atoms with Crippen LogP contribution in [0.1, 0.15) is 5.89 Å². The Morgan fingerprint density at radius 2 is 1.93 bits per heavy atom. The molecule has 0 aliphatic heterocycles. The van der Waals surface area contributed by atoms with E-state index < -0.39 is 0 Å². The molecular weight excluding hydrogens is 440 g/mol. The highest BCUT2D eigenvalue weighted by Crippen LogP contribution is 2.27. The molecule has 0 unspecified atom stereocenters. The zero-order valence-electron chi connectivity index (χ0n) is 15.4. The quantitative estimate of drug-likeness (QED) is 0.261. The van der Waals surface area contributed by atoms with Gasteiger partial charge in [-0.2, -0.15) is 4.98 Å². The number of fused-ring (bicyclic) bond motifs is 1. The molecule has 0 spiro atoms. The molecule has 2 aromatic carbocycles. The number of halogens is 1. The summed E-state index contributed by atoms with van der Waals surface area (Å²) in [7, 11) is 0. The van der Waals surface area contributed by atoms with Crippen molar-refractivity contribution in [1.29, 1.82) is 0 Å². The van der Waals surface area contributed by atoms with E-state index in [9.17, 15) is 4.79 Å². The van der Waals surface area contributed by atoms with Crippen LogP contribution in [0.5, 0.6) is 0 Å². The Morgan fingerprint density at radius 1 is 1.07 bits per heavy atom. The van der Waals surface area contributed by atoms with Crippen LogP contribution in [-0.4, -0.2) is 19.7 Å². The van der Waals surface area contributed by atoms with Crippen molar-refractivity contribution >= 4 is 44.9 Å². The van der Waals surface area contributed by atoms with Gasteiger partial charge in [-0.1, -0.05) is 58.9 Å². The van der Waals surface area contributed by atoms with Crippen LogP contribution in [0.15, 0.2) is 80.5 Å². The molecule has 5 aromatic rings. The molecule has 0 N–H and O–H groups in total. The molecule has 148 valence electrons. The average molecular weight is 453 g/mol. The lowest BCUT2D eigenvalue weighted by atomic mass is 10.2. The number of rotatable bonds is 5. The smallest absolute Gasteiger partial charge is 0.276 e. The van der Waals surface area contributed by atoms with Gasteiger partial charge in [0.05, 0.1) is 17.0 Å². The highest BCUT2D eigenvalue weighted by atomic mass is 35.5. The minimum absolute atomic E-state index is 0.0890. The normalized spacial score (nSPS) is 11.2. The number of benzene rings is 2. The minimum atomic E-state index is -0.0890. The van der Waals surface area contributed by atoms with Crippen LogP contribution in [0.3, 0.4) is 0 Å². The summed E-state index contributed by atoms with van der Waals surface area (Å²) in [4.78, 5) is 22.2. The second-order valence-corrected chi connectivity index (χ2v) is 8.61. The van der Waals surface area contributed by atoms with Crippen molar-refractivity contribution in [2.24, 2.45) is 0 Å². The van der Waals surface area contributed by atoms with E-state index in [1.165, 1.54) is 23.1 Å². The summed E-state index contributed by atoms with van der Waals surface area (Å²) in [5, 5.41) is 7.08. The van der Waals surface area contributed by atoms with Crippen LogP contribution in [0.25, 0.3) is 27.3 Å². The van der Waals surface area contributed by atoms with E-state index in [4.69, 9.17) is 21.1 Å². The van der Waals surface area contributed by atoms with Crippen LogP contribution in [0, 0.1) is 0 Å². The van der Waals surface area contributed by atoms with Crippen molar-refractivity contribution in [3.63, 3.8) is 0 Å². The Bertz CT molecular complexity index is 1400. The van der Waals surface area contributed by atoms with E-state index in [1.54, 1.807) is 16.7 Å². The number of para-hydroxylation sites is 1. The van der Waals surface area contributed by atoms with E-state index in [0.29, 0.717) is 37.9 Å². The molecule has 3 heterocycles. The van der Waals surface area contributed by atoms with Gasteiger partial charge in [0, 0.05) is 10.6 Å². The molecule has 0 radical (unpaired) electrons. The second kappa shape index (κ2) is 8.06. The predicted octanol–water partition coefficient (Wildman–Crippen LogP) is 5.44. The topological polar surface area (TPSA) is 73.8 Å². The number of hydrogen-bond acceptors (Lipinski definition) is 7. The highest BCUT2D eigenvalue weighted by Gasteiger charge is 2.16. The van der Waals surface area contributed by atoms with Crippen LogP contribution in [-0.2, 0) is 5.75 Å². The van der Waals surface area contributed by atoms with Crippen molar-refractivity contribution in [3.05, 3.63) is 87.3 Å². The fourth-order valence-corrected chi connectivity index (χ4v) is 4.78. The average Bonchev–Trinajstić information content (AvgIpc) is 3.43. The molecule has 9 heteroatoms. The molecule has 30 heavy (non-hydrogen) atoms. The molecule has 0 fully saturated rings. The zero-order chi connectivity index (χ0) is 20.5. The molecule has 3 aromatic heterocycles. The molecule has 0 aliphatic carbocycles. The van der Waals surface area contributed by atoms with Gasteiger partial charge < -0.3 is 4.52 Å². The fraction of sp³-hybridized carbons (Fsp3) is 0.0476. The van der Waals surface area contributed by atoms with Gasteiger partial charge in [-0.25, -0.2) is 4.98 Å². The summed E-state index contributed by atoms with van der Waals surface area (Å²) in [5.74, 6) is 1.28. The monoisotopic (exact) mass is 452 g/mol. The second-order valence-electron chi connectivity index (χ2n) is 6.32. The van der Waals surface area contributed by atoms with E-state index in [-0.39, 0.29) is 5.56 Å². The summed E-state index contributed by atoms with van der Waals surface area (Å²) in [6, 6.07) is 18.6. The van der Waals surface area contributed by atoms with Crippen molar-refractivity contribution < 1.29 is 4.52 Å². The lowest BCUT2D eigenvalue weighted by molar-refractivity contribution is 0.391. The molecule has 0 aliphatic rings. The van der Waals surface area contributed by atoms with Gasteiger partial charge in [0.15, 0.2) is 5.16 Å². The Morgan fingerprint density at radius 3 is 2.77 bits per heavy atom. The van der Waals surface area contributed by atoms with E-state index >= 15 is 0 Å². The number of nitrogens with zero attached hydrogens (tertiary/aromatic N) is 4. The largest absolute Gasteiger partial charge is 0.338 e. The third-order valence-corrected chi connectivity index (χ3v) is 6.39. The number of thioether (sulfide) groups is 1. The SMILES string of the molecule is O=c1c2sccc2nc(SCc2nc(-c3cccc(Cl)c3)no2)n1-c1ccccc1. The number of aromatic nitrogens is 4. The molecule has 0 saturated heterocycles. The van der Waals surface area contributed by atoms with Gasteiger partial charge in [0.25, 0.3) is 5.56 Å². The summed E-state index contributed by atoms with van der Waals surface area (Å²) in [5.41, 5.74) is 2.14. The summed E-state index contributed by atoms with van der Waals surface area (Å²) in [6.07, 6.45) is 0. The van der Waals surface area contributed by atoms with Gasteiger partial charge in [-0.15, -0.1) is 11.3 Å². The van der Waals surface area contributed by atoms with Gasteiger partial charge in [-0.05, 0) is 35.7 Å². The predicted molar refractivity (Wildman–Crippen MR) is 120 cm³/mol. The third-order valence-electron chi connectivity index (χ3n) is 4.34. The Balaban J connectivity index is 1.48. The maximum absolute atomic E-state index is 13.1. The van der Waals surface area contributed by atoms with Gasteiger partial charge in [0.1, 0.15) is 4.70 Å². The number of thiophene rings is 1. The van der Waals surface area contributed by atoms with E-state index in [1.807, 2.05) is 53.9 Å². The van der Waals surface area contributed by atoms with Crippen molar-refractivity contribution in [3.8, 4) is 17.1 Å². The Kier molecular flexibility index (Phi) is 5.12. The molecule has 5 rings (SSSR count). The molecule has 0 bridgehead atoms. The first kappa shape index (κ1) is 19.0. The molecule has 0 amide bonds. The Hall–Kier alpha value is -2.94. The van der Waals surface area contributed by atoms with Crippen LogP contribution in [0.4, 0.5) is 0 Å².